The molecule has 1 aliphatic carbocycles. The van der Waals surface area contributed by atoms with Crippen LogP contribution in [0.15, 0.2) is 24.3 Å². The fourth-order valence-electron chi connectivity index (χ4n) is 4.36. The van der Waals surface area contributed by atoms with Crippen molar-refractivity contribution < 1.29 is 22.8 Å². The lowest BCUT2D eigenvalue weighted by atomic mass is 9.94. The first kappa shape index (κ1) is 20.7. The average molecular weight is 396 g/mol. The summed E-state index contributed by atoms with van der Waals surface area (Å²) in [5.74, 6) is -0.156. The maximum absolute atomic E-state index is 12.9. The van der Waals surface area contributed by atoms with E-state index in [4.69, 9.17) is 0 Å². The lowest BCUT2D eigenvalue weighted by molar-refractivity contribution is -0.139. The Morgan fingerprint density at radius 1 is 1.04 bits per heavy atom. The Balaban J connectivity index is 1.57. The van der Waals surface area contributed by atoms with Crippen LogP contribution in [0.1, 0.15) is 61.4 Å². The summed E-state index contributed by atoms with van der Waals surface area (Å²) < 4.78 is 38.0. The number of benzene rings is 1. The Morgan fingerprint density at radius 2 is 1.61 bits per heavy atom. The lowest BCUT2D eigenvalue weighted by Gasteiger charge is -2.36. The number of amides is 2. The van der Waals surface area contributed by atoms with E-state index in [2.05, 4.69) is 0 Å². The Morgan fingerprint density at radius 3 is 2.11 bits per heavy atom. The van der Waals surface area contributed by atoms with E-state index in [-0.39, 0.29) is 23.3 Å². The number of alkyl halides is 3. The van der Waals surface area contributed by atoms with Crippen molar-refractivity contribution in [3.63, 3.8) is 0 Å². The zero-order valence-corrected chi connectivity index (χ0v) is 16.2. The molecule has 2 aliphatic rings. The standard InChI is InChI=1S/C21H27F3N2O2/c1-2-26(18-5-3-4-6-18)20(28)16-11-13-25(14-12-16)19(27)15-7-9-17(10-8-15)21(22,23)24/h7-10,16,18H,2-6,11-14H2,1H3. The number of hydrogen-bond donors (Lipinski definition) is 0. The summed E-state index contributed by atoms with van der Waals surface area (Å²) in [7, 11) is 0. The second-order valence-electron chi connectivity index (χ2n) is 7.70. The highest BCUT2D eigenvalue weighted by molar-refractivity contribution is 5.94. The van der Waals surface area contributed by atoms with Crippen LogP contribution in [-0.2, 0) is 11.0 Å². The average Bonchev–Trinajstić information content (AvgIpc) is 3.22. The smallest absolute Gasteiger partial charge is 0.340 e. The van der Waals surface area contributed by atoms with Gasteiger partial charge >= 0.3 is 6.18 Å². The topological polar surface area (TPSA) is 40.6 Å². The van der Waals surface area contributed by atoms with Gasteiger partial charge in [-0.1, -0.05) is 12.8 Å². The maximum Gasteiger partial charge on any atom is 0.416 e. The predicted molar refractivity (Wildman–Crippen MR) is 99.7 cm³/mol. The van der Waals surface area contributed by atoms with E-state index in [0.717, 1.165) is 25.0 Å². The van der Waals surface area contributed by atoms with Gasteiger partial charge in [-0.3, -0.25) is 9.59 Å². The fraction of sp³-hybridized carbons (Fsp3) is 0.619. The van der Waals surface area contributed by atoms with Crippen LogP contribution in [0.5, 0.6) is 0 Å². The van der Waals surface area contributed by atoms with Crippen molar-refractivity contribution in [3.8, 4) is 0 Å². The zero-order chi connectivity index (χ0) is 20.3. The molecule has 0 unspecified atom stereocenters. The molecule has 2 amide bonds. The first-order valence-corrected chi connectivity index (χ1v) is 10.1. The highest BCUT2D eigenvalue weighted by Gasteiger charge is 2.34. The molecule has 1 saturated carbocycles. The van der Waals surface area contributed by atoms with Gasteiger partial charge in [-0.25, -0.2) is 0 Å². The predicted octanol–water partition coefficient (Wildman–Crippen LogP) is 4.35. The van der Waals surface area contributed by atoms with Gasteiger partial charge in [0, 0.05) is 37.2 Å². The van der Waals surface area contributed by atoms with Crippen LogP contribution in [0.4, 0.5) is 13.2 Å². The van der Waals surface area contributed by atoms with Crippen molar-refractivity contribution in [1.29, 1.82) is 0 Å². The molecule has 1 heterocycles. The van der Waals surface area contributed by atoms with Gasteiger partial charge in [-0.05, 0) is 56.9 Å². The van der Waals surface area contributed by atoms with Gasteiger partial charge in [0.15, 0.2) is 0 Å². The summed E-state index contributed by atoms with van der Waals surface area (Å²) in [6, 6.07) is 4.67. The van der Waals surface area contributed by atoms with Crippen LogP contribution in [0, 0.1) is 5.92 Å². The number of hydrogen-bond acceptors (Lipinski definition) is 2. The van der Waals surface area contributed by atoms with Crippen molar-refractivity contribution in [2.24, 2.45) is 5.92 Å². The number of rotatable bonds is 4. The van der Waals surface area contributed by atoms with Gasteiger partial charge in [-0.2, -0.15) is 13.2 Å². The quantitative estimate of drug-likeness (QED) is 0.759. The molecule has 4 nitrogen and oxygen atoms in total. The molecule has 2 fully saturated rings. The Labute approximate surface area is 163 Å². The molecule has 1 saturated heterocycles. The van der Waals surface area contributed by atoms with E-state index >= 15 is 0 Å². The second kappa shape index (κ2) is 8.53. The van der Waals surface area contributed by atoms with E-state index in [0.29, 0.717) is 38.5 Å². The summed E-state index contributed by atoms with van der Waals surface area (Å²) in [6.45, 7) is 3.64. The highest BCUT2D eigenvalue weighted by Crippen LogP contribution is 2.30. The molecule has 1 aromatic rings. The molecule has 0 spiro atoms. The van der Waals surface area contributed by atoms with Crippen molar-refractivity contribution >= 4 is 11.8 Å². The monoisotopic (exact) mass is 396 g/mol. The number of carbonyl (C=O) groups excluding carboxylic acids is 2. The molecule has 7 heteroatoms. The van der Waals surface area contributed by atoms with Crippen molar-refractivity contribution in [2.75, 3.05) is 19.6 Å². The molecule has 0 atom stereocenters. The van der Waals surface area contributed by atoms with Crippen LogP contribution >= 0.6 is 0 Å². The highest BCUT2D eigenvalue weighted by atomic mass is 19.4. The number of piperidine rings is 1. The molecule has 1 aliphatic heterocycles. The van der Waals surface area contributed by atoms with E-state index in [1.807, 2.05) is 11.8 Å². The number of nitrogens with zero attached hydrogens (tertiary/aromatic N) is 2. The van der Waals surface area contributed by atoms with E-state index in [1.54, 1.807) is 4.90 Å². The van der Waals surface area contributed by atoms with Gasteiger partial charge in [0.2, 0.25) is 5.91 Å². The Bertz CT molecular complexity index is 689. The summed E-state index contributed by atoms with van der Waals surface area (Å²) >= 11 is 0. The van der Waals surface area contributed by atoms with Crippen LogP contribution < -0.4 is 0 Å². The van der Waals surface area contributed by atoms with Gasteiger partial charge in [0.1, 0.15) is 0 Å². The van der Waals surface area contributed by atoms with Crippen LogP contribution in [0.2, 0.25) is 0 Å². The molecule has 0 N–H and O–H groups in total. The SMILES string of the molecule is CCN(C(=O)C1CCN(C(=O)c2ccc(C(F)(F)F)cc2)CC1)C1CCCC1. The first-order chi connectivity index (χ1) is 13.3. The third-order valence-electron chi connectivity index (χ3n) is 5.98. The maximum atomic E-state index is 12.9. The second-order valence-corrected chi connectivity index (χ2v) is 7.70. The fourth-order valence-corrected chi connectivity index (χ4v) is 4.36. The van der Waals surface area contributed by atoms with Gasteiger partial charge in [0.05, 0.1) is 5.56 Å². The van der Waals surface area contributed by atoms with E-state index < -0.39 is 11.7 Å². The Kier molecular flexibility index (Phi) is 6.30. The van der Waals surface area contributed by atoms with E-state index in [1.165, 1.54) is 25.0 Å². The molecule has 0 bridgehead atoms. The first-order valence-electron chi connectivity index (χ1n) is 10.1. The van der Waals surface area contributed by atoms with Gasteiger partial charge in [-0.15, -0.1) is 0 Å². The van der Waals surface area contributed by atoms with E-state index in [9.17, 15) is 22.8 Å². The number of carbonyl (C=O) groups is 2. The van der Waals surface area contributed by atoms with Crippen molar-refractivity contribution in [2.45, 2.75) is 57.7 Å². The molecular formula is C21H27F3N2O2. The van der Waals surface area contributed by atoms with Gasteiger partial charge in [0.25, 0.3) is 5.91 Å². The molecule has 3 rings (SSSR count). The minimum absolute atomic E-state index is 0.0720. The summed E-state index contributed by atoms with van der Waals surface area (Å²) in [5.41, 5.74) is -0.515. The summed E-state index contributed by atoms with van der Waals surface area (Å²) in [5, 5.41) is 0. The minimum atomic E-state index is -4.41. The van der Waals surface area contributed by atoms with Crippen LogP contribution in [0.25, 0.3) is 0 Å². The third-order valence-corrected chi connectivity index (χ3v) is 5.98. The summed E-state index contributed by atoms with van der Waals surface area (Å²) in [4.78, 5) is 29.1. The number of likely N-dealkylation sites (tertiary alicyclic amines) is 1. The minimum Gasteiger partial charge on any atom is -0.340 e. The molecule has 1 aromatic carbocycles. The molecule has 28 heavy (non-hydrogen) atoms. The van der Waals surface area contributed by atoms with Gasteiger partial charge < -0.3 is 9.80 Å². The third kappa shape index (κ3) is 4.50. The number of halogens is 3. The van der Waals surface area contributed by atoms with Crippen molar-refractivity contribution in [1.82, 2.24) is 9.80 Å². The van der Waals surface area contributed by atoms with Crippen LogP contribution in [-0.4, -0.2) is 47.3 Å². The molecule has 0 radical (unpaired) electrons. The molecular weight excluding hydrogens is 369 g/mol. The molecule has 154 valence electrons. The zero-order valence-electron chi connectivity index (χ0n) is 16.2. The lowest BCUT2D eigenvalue weighted by Crippen LogP contribution is -2.47. The Hall–Kier alpha value is -2.05. The molecule has 0 aromatic heterocycles. The van der Waals surface area contributed by atoms with Crippen LogP contribution in [0.3, 0.4) is 0 Å². The van der Waals surface area contributed by atoms with Crippen molar-refractivity contribution in [3.05, 3.63) is 35.4 Å². The largest absolute Gasteiger partial charge is 0.416 e. The summed E-state index contributed by atoms with van der Waals surface area (Å²) in [6.07, 6.45) is 1.30. The normalized spacial score (nSPS) is 19.1.